The Morgan fingerprint density at radius 1 is 1.24 bits per heavy atom. The second-order valence-corrected chi connectivity index (χ2v) is 6.32. The molecule has 0 aromatic heterocycles. The van der Waals surface area contributed by atoms with E-state index in [1.165, 1.54) is 5.56 Å². The van der Waals surface area contributed by atoms with Crippen molar-refractivity contribution in [2.24, 2.45) is 10.7 Å². The van der Waals surface area contributed by atoms with Crippen molar-refractivity contribution in [2.75, 3.05) is 6.54 Å². The molecule has 4 N–H and O–H groups in total. The van der Waals surface area contributed by atoms with Crippen LogP contribution in [0.1, 0.15) is 52.6 Å². The second-order valence-electron chi connectivity index (χ2n) is 6.32. The lowest BCUT2D eigenvalue weighted by molar-refractivity contribution is 0.356. The van der Waals surface area contributed by atoms with E-state index in [2.05, 4.69) is 74.5 Å². The zero-order valence-corrected chi connectivity index (χ0v) is 14.0. The van der Waals surface area contributed by atoms with Gasteiger partial charge in [0.25, 0.3) is 0 Å². The molecular formula is C17H30N4. The van der Waals surface area contributed by atoms with Crippen molar-refractivity contribution in [3.05, 3.63) is 35.9 Å². The van der Waals surface area contributed by atoms with Crippen LogP contribution < -0.4 is 16.4 Å². The van der Waals surface area contributed by atoms with Crippen molar-refractivity contribution in [1.29, 1.82) is 0 Å². The first-order chi connectivity index (χ1) is 9.84. The molecule has 0 amide bonds. The van der Waals surface area contributed by atoms with Gasteiger partial charge in [0, 0.05) is 17.6 Å². The molecule has 2 unspecified atom stereocenters. The molecule has 4 heteroatoms. The quantitative estimate of drug-likeness (QED) is 0.534. The molecule has 0 saturated heterocycles. The number of rotatable bonds is 7. The van der Waals surface area contributed by atoms with Crippen LogP contribution >= 0.6 is 0 Å². The Labute approximate surface area is 129 Å². The Hall–Kier alpha value is -1.55. The number of nitrogens with two attached hydrogens (primary N) is 1. The van der Waals surface area contributed by atoms with Crippen LogP contribution in [0.25, 0.3) is 0 Å². The van der Waals surface area contributed by atoms with Gasteiger partial charge in [0.05, 0.1) is 6.54 Å². The summed E-state index contributed by atoms with van der Waals surface area (Å²) in [4.78, 5) is 4.45. The number of aliphatic imine (C=N–C) groups is 1. The van der Waals surface area contributed by atoms with Gasteiger partial charge in [0.15, 0.2) is 5.96 Å². The molecule has 2 atom stereocenters. The van der Waals surface area contributed by atoms with E-state index in [1.807, 2.05) is 6.07 Å². The molecule has 0 spiro atoms. The Kier molecular flexibility index (Phi) is 6.69. The van der Waals surface area contributed by atoms with Crippen molar-refractivity contribution < 1.29 is 0 Å². The van der Waals surface area contributed by atoms with Gasteiger partial charge in [0.1, 0.15) is 0 Å². The molecular weight excluding hydrogens is 260 g/mol. The van der Waals surface area contributed by atoms with Crippen LogP contribution in [0.3, 0.4) is 0 Å². The van der Waals surface area contributed by atoms with E-state index in [1.54, 1.807) is 0 Å². The number of hydrogen-bond donors (Lipinski definition) is 3. The van der Waals surface area contributed by atoms with Gasteiger partial charge in [-0.2, -0.15) is 0 Å². The molecule has 1 rings (SSSR count). The number of hydrogen-bond acceptors (Lipinski definition) is 2. The minimum Gasteiger partial charge on any atom is -0.370 e. The topological polar surface area (TPSA) is 62.4 Å². The van der Waals surface area contributed by atoms with Crippen LogP contribution in [0.4, 0.5) is 0 Å². The fraction of sp³-hybridized carbons (Fsp3) is 0.588. The Morgan fingerprint density at radius 3 is 2.43 bits per heavy atom. The molecule has 0 bridgehead atoms. The monoisotopic (exact) mass is 290 g/mol. The SMILES string of the molecule is CCC(C)NC(N)=NCC(C)(C)NC(C)c1ccccc1. The van der Waals surface area contributed by atoms with Crippen molar-refractivity contribution in [3.63, 3.8) is 0 Å². The molecule has 1 aromatic rings. The second kappa shape index (κ2) is 8.03. The van der Waals surface area contributed by atoms with Gasteiger partial charge in [-0.3, -0.25) is 4.99 Å². The van der Waals surface area contributed by atoms with Gasteiger partial charge in [-0.25, -0.2) is 0 Å². The molecule has 118 valence electrons. The average molecular weight is 290 g/mol. The van der Waals surface area contributed by atoms with Crippen LogP contribution in [-0.2, 0) is 0 Å². The summed E-state index contributed by atoms with van der Waals surface area (Å²) >= 11 is 0. The first kappa shape index (κ1) is 17.5. The lowest BCUT2D eigenvalue weighted by Gasteiger charge is -2.29. The first-order valence-electron chi connectivity index (χ1n) is 7.73. The Morgan fingerprint density at radius 2 is 1.86 bits per heavy atom. The zero-order valence-electron chi connectivity index (χ0n) is 14.0. The summed E-state index contributed by atoms with van der Waals surface area (Å²) in [6, 6.07) is 11.1. The predicted octanol–water partition coefficient (Wildman–Crippen LogP) is 2.82. The van der Waals surface area contributed by atoms with Crippen LogP contribution in [0.15, 0.2) is 35.3 Å². The van der Waals surface area contributed by atoms with E-state index in [0.717, 1.165) is 6.42 Å². The Bertz CT molecular complexity index is 439. The standard InChI is InChI=1S/C17H30N4/c1-6-13(2)20-16(18)19-12-17(4,5)21-14(3)15-10-8-7-9-11-15/h7-11,13-14,21H,6,12H2,1-5H3,(H3,18,19,20). The Balaban J connectivity index is 2.55. The third kappa shape index (κ3) is 6.63. The van der Waals surface area contributed by atoms with Crippen LogP contribution in [0.2, 0.25) is 0 Å². The van der Waals surface area contributed by atoms with E-state index < -0.39 is 0 Å². The first-order valence-corrected chi connectivity index (χ1v) is 7.73. The van der Waals surface area contributed by atoms with Gasteiger partial charge >= 0.3 is 0 Å². The fourth-order valence-electron chi connectivity index (χ4n) is 2.14. The van der Waals surface area contributed by atoms with Gasteiger partial charge in [-0.15, -0.1) is 0 Å². The summed E-state index contributed by atoms with van der Waals surface area (Å²) < 4.78 is 0. The summed E-state index contributed by atoms with van der Waals surface area (Å²) in [5.74, 6) is 0.520. The third-order valence-electron chi connectivity index (χ3n) is 3.56. The molecule has 0 fully saturated rings. The highest BCUT2D eigenvalue weighted by atomic mass is 15.1. The van der Waals surface area contributed by atoms with Crippen LogP contribution in [0.5, 0.6) is 0 Å². The summed E-state index contributed by atoms with van der Waals surface area (Å²) in [7, 11) is 0. The molecule has 4 nitrogen and oxygen atoms in total. The van der Waals surface area contributed by atoms with E-state index in [9.17, 15) is 0 Å². The maximum atomic E-state index is 5.91. The van der Waals surface area contributed by atoms with Crippen LogP contribution in [0, 0.1) is 0 Å². The van der Waals surface area contributed by atoms with Gasteiger partial charge in [0.2, 0.25) is 0 Å². The highest BCUT2D eigenvalue weighted by Crippen LogP contribution is 2.16. The summed E-state index contributed by atoms with van der Waals surface area (Å²) in [6.07, 6.45) is 1.03. The van der Waals surface area contributed by atoms with Crippen molar-refractivity contribution >= 4 is 5.96 Å². The number of guanidine groups is 1. The van der Waals surface area contributed by atoms with Crippen molar-refractivity contribution in [3.8, 4) is 0 Å². The molecule has 0 aliphatic carbocycles. The lowest BCUT2D eigenvalue weighted by atomic mass is 10.0. The highest BCUT2D eigenvalue weighted by molar-refractivity contribution is 5.78. The maximum absolute atomic E-state index is 5.91. The molecule has 0 heterocycles. The minimum atomic E-state index is -0.114. The fourth-order valence-corrected chi connectivity index (χ4v) is 2.14. The van der Waals surface area contributed by atoms with E-state index in [0.29, 0.717) is 18.5 Å². The summed E-state index contributed by atoms with van der Waals surface area (Å²) in [5, 5.41) is 6.79. The largest absolute Gasteiger partial charge is 0.370 e. The highest BCUT2D eigenvalue weighted by Gasteiger charge is 2.20. The van der Waals surface area contributed by atoms with Crippen molar-refractivity contribution in [2.45, 2.75) is 58.7 Å². The summed E-state index contributed by atoms with van der Waals surface area (Å²) in [6.45, 7) is 11.3. The molecule has 0 radical (unpaired) electrons. The van der Waals surface area contributed by atoms with E-state index in [4.69, 9.17) is 5.73 Å². The third-order valence-corrected chi connectivity index (χ3v) is 3.56. The minimum absolute atomic E-state index is 0.114. The lowest BCUT2D eigenvalue weighted by Crippen LogP contribution is -2.45. The molecule has 0 aliphatic heterocycles. The summed E-state index contributed by atoms with van der Waals surface area (Å²) in [5.41, 5.74) is 7.07. The number of benzene rings is 1. The van der Waals surface area contributed by atoms with Gasteiger partial charge in [-0.1, -0.05) is 37.3 Å². The number of nitrogens with zero attached hydrogens (tertiary/aromatic N) is 1. The predicted molar refractivity (Wildman–Crippen MR) is 91.4 cm³/mol. The molecule has 1 aromatic carbocycles. The van der Waals surface area contributed by atoms with E-state index >= 15 is 0 Å². The van der Waals surface area contributed by atoms with Gasteiger partial charge < -0.3 is 16.4 Å². The molecule has 21 heavy (non-hydrogen) atoms. The van der Waals surface area contributed by atoms with Crippen molar-refractivity contribution in [1.82, 2.24) is 10.6 Å². The maximum Gasteiger partial charge on any atom is 0.188 e. The number of nitrogens with one attached hydrogen (secondary N) is 2. The normalized spacial score (nSPS) is 15.6. The van der Waals surface area contributed by atoms with E-state index in [-0.39, 0.29) is 11.6 Å². The average Bonchev–Trinajstić information content (AvgIpc) is 2.45. The smallest absolute Gasteiger partial charge is 0.188 e. The molecule has 0 aliphatic rings. The molecule has 0 saturated carbocycles. The van der Waals surface area contributed by atoms with Gasteiger partial charge in [-0.05, 0) is 39.7 Å². The zero-order chi connectivity index (χ0) is 15.9. The van der Waals surface area contributed by atoms with Crippen LogP contribution in [-0.4, -0.2) is 24.1 Å².